The van der Waals surface area contributed by atoms with Crippen LogP contribution in [0.15, 0.2) is 59.6 Å². The smallest absolute Gasteiger partial charge is 0.408 e. The van der Waals surface area contributed by atoms with Gasteiger partial charge < -0.3 is 15.0 Å². The van der Waals surface area contributed by atoms with Crippen LogP contribution in [-0.4, -0.2) is 21.7 Å². The maximum atomic E-state index is 12.6. The first kappa shape index (κ1) is 24.0. The molecule has 36 heavy (non-hydrogen) atoms. The molecule has 6 nitrogen and oxygen atoms in total. The number of nitrogens with zero attached hydrogens (tertiary/aromatic N) is 1. The lowest BCUT2D eigenvalue weighted by molar-refractivity contribution is 0.0377. The zero-order valence-corrected chi connectivity index (χ0v) is 21.4. The van der Waals surface area contributed by atoms with Crippen LogP contribution in [0.3, 0.4) is 0 Å². The van der Waals surface area contributed by atoms with E-state index in [1.165, 1.54) is 0 Å². The molecule has 0 spiro atoms. The third kappa shape index (κ3) is 4.60. The van der Waals surface area contributed by atoms with E-state index in [0.29, 0.717) is 10.9 Å². The van der Waals surface area contributed by atoms with E-state index in [9.17, 15) is 9.59 Å². The lowest BCUT2D eigenvalue weighted by Crippen LogP contribution is -2.52. The second-order valence-corrected chi connectivity index (χ2v) is 10.9. The molecule has 0 radical (unpaired) electrons. The third-order valence-electron chi connectivity index (χ3n) is 7.04. The SMILES string of the molecule is Cc1cc(C2(NC(=O)OC(C)(C)C)CCC2)ccc1-c1nc2cc[nH]c(=O)c2cc1C1=CCCC=C1. The average molecular weight is 484 g/mol. The predicted octanol–water partition coefficient (Wildman–Crippen LogP) is 6.54. The summed E-state index contributed by atoms with van der Waals surface area (Å²) < 4.78 is 5.55. The Morgan fingerprint density at radius 2 is 1.92 bits per heavy atom. The van der Waals surface area contributed by atoms with E-state index in [4.69, 9.17) is 9.72 Å². The number of hydrogen-bond acceptors (Lipinski definition) is 4. The normalized spacial score (nSPS) is 16.8. The molecule has 2 aromatic heterocycles. The van der Waals surface area contributed by atoms with Crippen molar-refractivity contribution in [3.05, 3.63) is 81.8 Å². The van der Waals surface area contributed by atoms with Gasteiger partial charge in [-0.05, 0) is 88.6 Å². The minimum atomic E-state index is -0.545. The molecule has 0 unspecified atom stereocenters. The minimum absolute atomic E-state index is 0.139. The molecule has 2 N–H and O–H groups in total. The summed E-state index contributed by atoms with van der Waals surface area (Å²) in [6.45, 7) is 7.70. The summed E-state index contributed by atoms with van der Waals surface area (Å²) in [5.74, 6) is 0. The van der Waals surface area contributed by atoms with E-state index in [0.717, 1.165) is 65.6 Å². The molecule has 0 saturated heterocycles. The van der Waals surface area contributed by atoms with Crippen molar-refractivity contribution in [3.8, 4) is 11.3 Å². The number of carbonyl (C=O) groups excluding carboxylic acids is 1. The number of amides is 1. The van der Waals surface area contributed by atoms with Crippen molar-refractivity contribution in [1.29, 1.82) is 0 Å². The molecule has 1 amide bonds. The van der Waals surface area contributed by atoms with Gasteiger partial charge in [-0.15, -0.1) is 0 Å². The number of fused-ring (bicyclic) bond motifs is 1. The van der Waals surface area contributed by atoms with Crippen molar-refractivity contribution in [2.75, 3.05) is 0 Å². The molecule has 1 saturated carbocycles. The van der Waals surface area contributed by atoms with Gasteiger partial charge in [0.05, 0.1) is 22.1 Å². The number of benzene rings is 1. The summed E-state index contributed by atoms with van der Waals surface area (Å²) >= 11 is 0. The van der Waals surface area contributed by atoms with Crippen LogP contribution in [0.2, 0.25) is 0 Å². The van der Waals surface area contributed by atoms with E-state index in [-0.39, 0.29) is 11.7 Å². The largest absolute Gasteiger partial charge is 0.444 e. The monoisotopic (exact) mass is 483 g/mol. The van der Waals surface area contributed by atoms with Crippen LogP contribution in [0.5, 0.6) is 0 Å². The summed E-state index contributed by atoms with van der Waals surface area (Å²) in [5, 5.41) is 3.73. The van der Waals surface area contributed by atoms with Gasteiger partial charge in [-0.2, -0.15) is 0 Å². The van der Waals surface area contributed by atoms with E-state index in [1.807, 2.05) is 32.9 Å². The van der Waals surface area contributed by atoms with Gasteiger partial charge in [0.25, 0.3) is 5.56 Å². The third-order valence-corrected chi connectivity index (χ3v) is 7.04. The first-order valence-corrected chi connectivity index (χ1v) is 12.7. The fourth-order valence-corrected chi connectivity index (χ4v) is 5.09. The second kappa shape index (κ2) is 9.08. The van der Waals surface area contributed by atoms with Crippen LogP contribution in [0.1, 0.15) is 69.6 Å². The van der Waals surface area contributed by atoms with Crippen LogP contribution in [0.4, 0.5) is 4.79 Å². The molecule has 0 aliphatic heterocycles. The zero-order valence-electron chi connectivity index (χ0n) is 21.4. The highest BCUT2D eigenvalue weighted by atomic mass is 16.6. The summed E-state index contributed by atoms with van der Waals surface area (Å²) in [7, 11) is 0. The number of aryl methyl sites for hydroxylation is 1. The molecule has 0 atom stereocenters. The van der Waals surface area contributed by atoms with Crippen molar-refractivity contribution in [2.24, 2.45) is 0 Å². The number of aromatic nitrogens is 2. The highest BCUT2D eigenvalue weighted by molar-refractivity contribution is 5.92. The number of ether oxygens (including phenoxy) is 1. The predicted molar refractivity (Wildman–Crippen MR) is 144 cm³/mol. The first-order valence-electron chi connectivity index (χ1n) is 12.7. The Morgan fingerprint density at radius 3 is 2.56 bits per heavy atom. The van der Waals surface area contributed by atoms with Crippen molar-refractivity contribution in [3.63, 3.8) is 0 Å². The van der Waals surface area contributed by atoms with Gasteiger partial charge in [0.15, 0.2) is 0 Å². The summed E-state index contributed by atoms with van der Waals surface area (Å²) in [6, 6.07) is 10.1. The molecular weight excluding hydrogens is 450 g/mol. The number of pyridine rings is 2. The molecule has 0 bridgehead atoms. The number of aromatic amines is 1. The Kier molecular flexibility index (Phi) is 6.07. The number of carbonyl (C=O) groups is 1. The standard InChI is InChI=1S/C30H33N3O3/c1-19-17-21(30(14-8-15-30)33-28(35)36-29(2,3)4)11-12-22(19)26-23(20-9-6-5-7-10-20)18-24-25(32-26)13-16-31-27(24)34/h6,9-13,16-18H,5,7-8,14-15H2,1-4H3,(H,31,34)(H,33,35). The van der Waals surface area contributed by atoms with Gasteiger partial charge in [-0.3, -0.25) is 4.79 Å². The zero-order chi connectivity index (χ0) is 25.5. The molecule has 6 heteroatoms. The number of H-pyrrole nitrogens is 1. The Balaban J connectivity index is 1.57. The Hall–Kier alpha value is -3.67. The van der Waals surface area contributed by atoms with E-state index >= 15 is 0 Å². The molecular formula is C30H33N3O3. The summed E-state index contributed by atoms with van der Waals surface area (Å²) in [5.41, 5.74) is 5.64. The van der Waals surface area contributed by atoms with Gasteiger partial charge in [-0.25, -0.2) is 9.78 Å². The highest BCUT2D eigenvalue weighted by Crippen LogP contribution is 2.43. The van der Waals surface area contributed by atoms with Gasteiger partial charge in [0.2, 0.25) is 0 Å². The van der Waals surface area contributed by atoms with Gasteiger partial charge in [-0.1, -0.05) is 36.4 Å². The van der Waals surface area contributed by atoms with E-state index < -0.39 is 11.1 Å². The lowest BCUT2D eigenvalue weighted by atomic mass is 9.71. The van der Waals surface area contributed by atoms with Crippen LogP contribution >= 0.6 is 0 Å². The first-order chi connectivity index (χ1) is 17.2. The second-order valence-electron chi connectivity index (χ2n) is 10.9. The van der Waals surface area contributed by atoms with Gasteiger partial charge in [0, 0.05) is 17.3 Å². The fraction of sp³-hybridized carbons (Fsp3) is 0.367. The van der Waals surface area contributed by atoms with Gasteiger partial charge in [0.1, 0.15) is 5.60 Å². The van der Waals surface area contributed by atoms with E-state index in [1.54, 1.807) is 6.20 Å². The number of hydrogen-bond donors (Lipinski definition) is 2. The summed E-state index contributed by atoms with van der Waals surface area (Å²) in [6.07, 6.45) is 12.5. The van der Waals surface area contributed by atoms with Crippen LogP contribution in [0, 0.1) is 6.92 Å². The topological polar surface area (TPSA) is 84.1 Å². The molecule has 2 aliphatic carbocycles. The van der Waals surface area contributed by atoms with E-state index in [2.05, 4.69) is 53.7 Å². The number of allylic oxidation sites excluding steroid dienone is 4. The van der Waals surface area contributed by atoms with Crippen molar-refractivity contribution >= 4 is 22.6 Å². The molecule has 2 heterocycles. The van der Waals surface area contributed by atoms with Crippen molar-refractivity contribution < 1.29 is 9.53 Å². The molecule has 2 aliphatic rings. The summed E-state index contributed by atoms with van der Waals surface area (Å²) in [4.78, 5) is 32.9. The maximum absolute atomic E-state index is 12.6. The lowest BCUT2D eigenvalue weighted by Gasteiger charge is -2.43. The fourth-order valence-electron chi connectivity index (χ4n) is 5.09. The average Bonchev–Trinajstić information content (AvgIpc) is 2.80. The number of rotatable bonds is 4. The molecule has 1 fully saturated rings. The number of alkyl carbamates (subject to hydrolysis) is 1. The Bertz CT molecular complexity index is 1450. The Morgan fingerprint density at radius 1 is 1.11 bits per heavy atom. The van der Waals surface area contributed by atoms with Gasteiger partial charge >= 0.3 is 6.09 Å². The molecule has 3 aromatic rings. The van der Waals surface area contributed by atoms with Crippen LogP contribution < -0.4 is 10.9 Å². The molecule has 1 aromatic carbocycles. The van der Waals surface area contributed by atoms with Crippen LogP contribution in [0.25, 0.3) is 27.7 Å². The maximum Gasteiger partial charge on any atom is 0.408 e. The van der Waals surface area contributed by atoms with Crippen molar-refractivity contribution in [1.82, 2.24) is 15.3 Å². The highest BCUT2D eigenvalue weighted by Gasteiger charge is 2.41. The molecule has 5 rings (SSSR count). The van der Waals surface area contributed by atoms with Crippen LogP contribution in [-0.2, 0) is 10.3 Å². The quantitative estimate of drug-likeness (QED) is 0.441. The molecule has 186 valence electrons. The van der Waals surface area contributed by atoms with Crippen molar-refractivity contribution in [2.45, 2.75) is 70.9 Å². The Labute approximate surface area is 211 Å². The number of nitrogens with one attached hydrogen (secondary N) is 2. The minimum Gasteiger partial charge on any atom is -0.444 e.